The van der Waals surface area contributed by atoms with Crippen molar-refractivity contribution in [3.05, 3.63) is 0 Å². The zero-order chi connectivity index (χ0) is 4.99. The lowest BCUT2D eigenvalue weighted by molar-refractivity contribution is 0.417. The molecule has 38 valence electrons. The molecule has 0 aliphatic carbocycles. The van der Waals surface area contributed by atoms with Crippen molar-refractivity contribution in [3.63, 3.8) is 0 Å². The molecule has 0 aromatic carbocycles. The van der Waals surface area contributed by atoms with Gasteiger partial charge in [-0.1, -0.05) is 13.3 Å². The fourth-order valence-corrected chi connectivity index (χ4v) is 0.975. The Bertz CT molecular complexity index is 28.7. The maximum atomic E-state index is 11.8. The molecular formula is C4H11FSi. The summed E-state index contributed by atoms with van der Waals surface area (Å²) in [4.78, 5) is 0. The second kappa shape index (κ2) is 3.34. The van der Waals surface area contributed by atoms with Gasteiger partial charge in [-0.3, -0.25) is 4.39 Å². The maximum Gasteiger partial charge on any atom is 0.0797 e. The summed E-state index contributed by atoms with van der Waals surface area (Å²) >= 11 is 0. The highest BCUT2D eigenvalue weighted by molar-refractivity contribution is 6.10. The van der Waals surface area contributed by atoms with Crippen LogP contribution in [-0.2, 0) is 0 Å². The molecule has 0 heterocycles. The van der Waals surface area contributed by atoms with Crippen LogP contribution in [0.2, 0.25) is 0 Å². The molecule has 0 bridgehead atoms. The van der Waals surface area contributed by atoms with E-state index in [1.165, 1.54) is 0 Å². The van der Waals surface area contributed by atoms with Crippen molar-refractivity contribution >= 4 is 10.2 Å². The first kappa shape index (κ1) is 6.15. The molecule has 0 radical (unpaired) electrons. The van der Waals surface area contributed by atoms with E-state index >= 15 is 0 Å². The van der Waals surface area contributed by atoms with Crippen LogP contribution in [0.25, 0.3) is 0 Å². The van der Waals surface area contributed by atoms with Gasteiger partial charge in [0.2, 0.25) is 0 Å². The fourth-order valence-electron chi connectivity index (χ4n) is 0.398. The van der Waals surface area contributed by atoms with Gasteiger partial charge < -0.3 is 0 Å². The SMILES string of the molecule is CCCC(F)[SiH3]. The highest BCUT2D eigenvalue weighted by Gasteiger charge is 1.90. The average Bonchev–Trinajstić information content (AvgIpc) is 1.35. The molecule has 0 N–H and O–H groups in total. The van der Waals surface area contributed by atoms with E-state index in [-0.39, 0.29) is 0 Å². The monoisotopic (exact) mass is 106 g/mol. The van der Waals surface area contributed by atoms with Gasteiger partial charge in [-0.2, -0.15) is 0 Å². The third-order valence-corrected chi connectivity index (χ3v) is 1.26. The predicted octanol–water partition coefficient (Wildman–Crippen LogP) is 0.447. The first-order chi connectivity index (χ1) is 2.77. The van der Waals surface area contributed by atoms with Crippen LogP contribution in [0.5, 0.6) is 0 Å². The molecule has 0 aromatic heterocycles. The molecule has 0 aromatic rings. The van der Waals surface area contributed by atoms with E-state index in [0.29, 0.717) is 10.2 Å². The van der Waals surface area contributed by atoms with Gasteiger partial charge in [-0.05, 0) is 6.42 Å². The largest absolute Gasteiger partial charge is 0.253 e. The normalized spacial score (nSPS) is 15.0. The molecule has 0 nitrogen and oxygen atoms in total. The molecule has 2 heteroatoms. The Balaban J connectivity index is 2.63. The predicted molar refractivity (Wildman–Crippen MR) is 29.7 cm³/mol. The number of alkyl halides is 1. The Morgan fingerprint density at radius 2 is 2.33 bits per heavy atom. The van der Waals surface area contributed by atoms with Gasteiger partial charge in [0, 0.05) is 10.2 Å². The molecule has 0 aliphatic rings. The molecule has 0 aliphatic heterocycles. The van der Waals surface area contributed by atoms with Crippen molar-refractivity contribution in [2.24, 2.45) is 0 Å². The van der Waals surface area contributed by atoms with Gasteiger partial charge >= 0.3 is 0 Å². The lowest BCUT2D eigenvalue weighted by atomic mass is 10.4. The van der Waals surface area contributed by atoms with Gasteiger partial charge in [0.25, 0.3) is 0 Å². The summed E-state index contributed by atoms with van der Waals surface area (Å²) in [7, 11) is 0.712. The molecule has 0 fully saturated rings. The van der Waals surface area contributed by atoms with Gasteiger partial charge in [-0.25, -0.2) is 0 Å². The Labute approximate surface area is 41.2 Å². The topological polar surface area (TPSA) is 0 Å². The summed E-state index contributed by atoms with van der Waals surface area (Å²) in [5, 5.41) is 0. The number of hydrogen-bond acceptors (Lipinski definition) is 0. The second-order valence-corrected chi connectivity index (χ2v) is 2.82. The van der Waals surface area contributed by atoms with Crippen molar-refractivity contribution in [1.82, 2.24) is 0 Å². The molecule has 6 heavy (non-hydrogen) atoms. The molecule has 0 amide bonds. The molecule has 0 spiro atoms. The fraction of sp³-hybridized carbons (Fsp3) is 1.00. The van der Waals surface area contributed by atoms with E-state index in [1.54, 1.807) is 0 Å². The number of rotatable bonds is 2. The van der Waals surface area contributed by atoms with E-state index in [2.05, 4.69) is 0 Å². The standard InChI is InChI=1S/C4H11FSi/c1-2-3-4(5)6/h4H,2-3H2,1,6H3. The number of hydrogen-bond donors (Lipinski definition) is 0. The van der Waals surface area contributed by atoms with Crippen LogP contribution in [0.1, 0.15) is 19.8 Å². The van der Waals surface area contributed by atoms with Gasteiger partial charge in [-0.15, -0.1) is 0 Å². The summed E-state index contributed by atoms with van der Waals surface area (Å²) in [5.41, 5.74) is 0. The second-order valence-electron chi connectivity index (χ2n) is 1.57. The minimum Gasteiger partial charge on any atom is -0.253 e. The smallest absolute Gasteiger partial charge is 0.0797 e. The summed E-state index contributed by atoms with van der Waals surface area (Å²) in [6.45, 7) is 2.00. The van der Waals surface area contributed by atoms with Crippen molar-refractivity contribution in [2.75, 3.05) is 0 Å². The van der Waals surface area contributed by atoms with Crippen LogP contribution in [-0.4, -0.2) is 16.0 Å². The van der Waals surface area contributed by atoms with Crippen LogP contribution < -0.4 is 0 Å². The summed E-state index contributed by atoms with van der Waals surface area (Å²) in [6.07, 6.45) is 1.76. The summed E-state index contributed by atoms with van der Waals surface area (Å²) < 4.78 is 11.8. The highest BCUT2D eigenvalue weighted by Crippen LogP contribution is 1.93. The summed E-state index contributed by atoms with van der Waals surface area (Å²) in [6, 6.07) is 0. The van der Waals surface area contributed by atoms with Gasteiger partial charge in [0.15, 0.2) is 0 Å². The summed E-state index contributed by atoms with van der Waals surface area (Å²) in [5.74, 6) is -0.463. The zero-order valence-electron chi connectivity index (χ0n) is 4.37. The Morgan fingerprint density at radius 1 is 1.83 bits per heavy atom. The molecular weight excluding hydrogens is 95.1 g/mol. The first-order valence-electron chi connectivity index (χ1n) is 2.41. The lowest BCUT2D eigenvalue weighted by Gasteiger charge is -1.91. The molecule has 0 saturated carbocycles. The van der Waals surface area contributed by atoms with Crippen molar-refractivity contribution in [2.45, 2.75) is 25.6 Å². The van der Waals surface area contributed by atoms with Crippen molar-refractivity contribution in [3.8, 4) is 0 Å². The van der Waals surface area contributed by atoms with Gasteiger partial charge in [0.05, 0.1) is 5.79 Å². The van der Waals surface area contributed by atoms with Crippen molar-refractivity contribution in [1.29, 1.82) is 0 Å². The Morgan fingerprint density at radius 3 is 2.33 bits per heavy atom. The molecule has 0 saturated heterocycles. The average molecular weight is 106 g/mol. The van der Waals surface area contributed by atoms with Crippen molar-refractivity contribution < 1.29 is 4.39 Å². The van der Waals surface area contributed by atoms with E-state index in [1.807, 2.05) is 6.92 Å². The quantitative estimate of drug-likeness (QED) is 0.448. The minimum atomic E-state index is -0.463. The van der Waals surface area contributed by atoms with E-state index < -0.39 is 5.79 Å². The van der Waals surface area contributed by atoms with Crippen LogP contribution in [0.4, 0.5) is 4.39 Å². The third kappa shape index (κ3) is 4.15. The van der Waals surface area contributed by atoms with Crippen LogP contribution in [0.15, 0.2) is 0 Å². The number of halogens is 1. The third-order valence-electron chi connectivity index (χ3n) is 0.686. The minimum absolute atomic E-state index is 0.463. The van der Waals surface area contributed by atoms with E-state index in [4.69, 9.17) is 0 Å². The van der Waals surface area contributed by atoms with Gasteiger partial charge in [0.1, 0.15) is 0 Å². The molecule has 1 unspecified atom stereocenters. The first-order valence-corrected chi connectivity index (χ1v) is 3.57. The molecule has 0 rings (SSSR count). The van der Waals surface area contributed by atoms with Crippen LogP contribution >= 0.6 is 0 Å². The molecule has 1 atom stereocenters. The highest BCUT2D eigenvalue weighted by atomic mass is 28.1. The van der Waals surface area contributed by atoms with Crippen LogP contribution in [0, 0.1) is 0 Å². The lowest BCUT2D eigenvalue weighted by Crippen LogP contribution is -1.95. The Kier molecular flexibility index (Phi) is 3.42. The zero-order valence-corrected chi connectivity index (χ0v) is 6.37. The van der Waals surface area contributed by atoms with E-state index in [9.17, 15) is 4.39 Å². The van der Waals surface area contributed by atoms with Crippen LogP contribution in [0.3, 0.4) is 0 Å². The van der Waals surface area contributed by atoms with E-state index in [0.717, 1.165) is 12.8 Å². The maximum absolute atomic E-state index is 11.8. The Hall–Kier alpha value is 0.147.